The number of aromatic nitrogens is 2. The molecule has 0 bridgehead atoms. The summed E-state index contributed by atoms with van der Waals surface area (Å²) in [5, 5.41) is 6.21. The zero-order chi connectivity index (χ0) is 19.0. The van der Waals surface area contributed by atoms with Gasteiger partial charge < -0.3 is 19.9 Å². The molecule has 3 aromatic rings. The number of rotatable bonds is 3. The number of imidazole rings is 1. The molecule has 1 aromatic heterocycles. The van der Waals surface area contributed by atoms with Crippen molar-refractivity contribution in [2.75, 3.05) is 17.7 Å². The minimum Gasteiger partial charge on any atom is -0.469 e. The van der Waals surface area contributed by atoms with Crippen LogP contribution in [0, 0.1) is 0 Å². The van der Waals surface area contributed by atoms with Crippen LogP contribution in [0.1, 0.15) is 15.9 Å². The molecule has 0 radical (unpaired) electrons. The number of fused-ring (bicyclic) bond motifs is 2. The summed E-state index contributed by atoms with van der Waals surface area (Å²) < 4.78 is 6.58. The zero-order valence-electron chi connectivity index (χ0n) is 14.9. The fourth-order valence-electron chi connectivity index (χ4n) is 3.05. The van der Waals surface area contributed by atoms with Crippen LogP contribution >= 0.6 is 0 Å². The van der Waals surface area contributed by atoms with Gasteiger partial charge in [0.1, 0.15) is 0 Å². The lowest BCUT2D eigenvalue weighted by Crippen LogP contribution is -2.11. The van der Waals surface area contributed by atoms with Gasteiger partial charge in [-0.3, -0.25) is 9.59 Å². The monoisotopic (exact) mass is 362 g/mol. The molecule has 0 saturated carbocycles. The van der Waals surface area contributed by atoms with Gasteiger partial charge in [0.15, 0.2) is 0 Å². The summed E-state index contributed by atoms with van der Waals surface area (Å²) in [4.78, 5) is 28.5. The molecule has 0 fully saturated rings. The predicted molar refractivity (Wildman–Crippen MR) is 102 cm³/mol. The van der Waals surface area contributed by atoms with E-state index in [-0.39, 0.29) is 18.3 Å². The van der Waals surface area contributed by atoms with E-state index < -0.39 is 0 Å². The van der Waals surface area contributed by atoms with Crippen molar-refractivity contribution in [2.45, 2.75) is 6.42 Å². The zero-order valence-corrected chi connectivity index (χ0v) is 14.9. The number of carbonyl (C=O) groups excluding carboxylic acids is 2. The van der Waals surface area contributed by atoms with E-state index in [0.29, 0.717) is 16.9 Å². The minimum absolute atomic E-state index is 0.149. The highest BCUT2D eigenvalue weighted by molar-refractivity contribution is 6.12. The fourth-order valence-corrected chi connectivity index (χ4v) is 3.05. The maximum atomic E-state index is 12.6. The van der Waals surface area contributed by atoms with Crippen molar-refractivity contribution in [3.8, 4) is 11.3 Å². The molecule has 2 N–H and O–H groups in total. The number of anilines is 3. The molecule has 2 aromatic carbocycles. The Morgan fingerprint density at radius 2 is 1.96 bits per heavy atom. The number of hydrogen-bond acceptors (Lipinski definition) is 5. The Bertz CT molecular complexity index is 1060. The molecule has 0 spiro atoms. The first kappa shape index (κ1) is 16.8. The summed E-state index contributed by atoms with van der Waals surface area (Å²) in [6.45, 7) is 0. The number of carbonyl (C=O) groups is 2. The molecule has 7 nitrogen and oxygen atoms in total. The van der Waals surface area contributed by atoms with Crippen molar-refractivity contribution in [2.24, 2.45) is 7.05 Å². The molecule has 1 aliphatic rings. The summed E-state index contributed by atoms with van der Waals surface area (Å²) >= 11 is 0. The molecule has 0 atom stereocenters. The number of nitrogens with zero attached hydrogens (tertiary/aromatic N) is 2. The van der Waals surface area contributed by atoms with E-state index in [1.165, 1.54) is 7.11 Å². The summed E-state index contributed by atoms with van der Waals surface area (Å²) in [6.07, 6.45) is 3.81. The van der Waals surface area contributed by atoms with E-state index in [4.69, 9.17) is 4.74 Å². The Balaban J connectivity index is 1.70. The van der Waals surface area contributed by atoms with Crippen LogP contribution in [0.2, 0.25) is 0 Å². The maximum Gasteiger partial charge on any atom is 0.309 e. The van der Waals surface area contributed by atoms with Crippen LogP contribution in [0.3, 0.4) is 0 Å². The molecule has 27 heavy (non-hydrogen) atoms. The number of methoxy groups -OCH3 is 1. The highest BCUT2D eigenvalue weighted by Crippen LogP contribution is 2.34. The Labute approximate surface area is 156 Å². The average Bonchev–Trinajstić information content (AvgIpc) is 3.04. The second-order valence-electron chi connectivity index (χ2n) is 6.40. The molecule has 4 rings (SSSR count). The van der Waals surface area contributed by atoms with E-state index in [1.54, 1.807) is 18.5 Å². The SMILES string of the molecule is COC(=O)Cc1ccc2c(c1)NC(=O)c1ccc(-c3cn(C)cn3)cc1N2. The van der Waals surface area contributed by atoms with Crippen molar-refractivity contribution >= 4 is 28.9 Å². The fraction of sp³-hybridized carbons (Fsp3) is 0.150. The molecule has 136 valence electrons. The maximum absolute atomic E-state index is 12.6. The van der Waals surface area contributed by atoms with Crippen LogP contribution in [0.4, 0.5) is 17.1 Å². The quantitative estimate of drug-likeness (QED) is 0.699. The molecule has 0 saturated heterocycles. The second-order valence-corrected chi connectivity index (χ2v) is 6.40. The molecular weight excluding hydrogens is 344 g/mol. The number of benzene rings is 2. The van der Waals surface area contributed by atoms with Gasteiger partial charge in [-0.1, -0.05) is 12.1 Å². The van der Waals surface area contributed by atoms with Crippen molar-refractivity contribution in [3.63, 3.8) is 0 Å². The van der Waals surface area contributed by atoms with Gasteiger partial charge in [0.2, 0.25) is 0 Å². The standard InChI is InChI=1S/C20H18N4O3/c1-24-10-18(21-11-24)13-4-5-14-16(9-13)22-15-6-3-12(8-19(25)27-2)7-17(15)23-20(14)26/h3-7,9-11,22H,8H2,1-2H3,(H,23,26). The van der Waals surface area contributed by atoms with Crippen LogP contribution in [-0.2, 0) is 23.0 Å². The molecule has 1 aliphatic heterocycles. The van der Waals surface area contributed by atoms with E-state index in [9.17, 15) is 9.59 Å². The Hall–Kier alpha value is -3.61. The first-order chi connectivity index (χ1) is 13.0. The Morgan fingerprint density at radius 1 is 1.11 bits per heavy atom. The van der Waals surface area contributed by atoms with Gasteiger partial charge >= 0.3 is 5.97 Å². The third kappa shape index (κ3) is 3.27. The molecule has 0 unspecified atom stereocenters. The summed E-state index contributed by atoms with van der Waals surface area (Å²) in [5.74, 6) is -0.537. The van der Waals surface area contributed by atoms with Crippen LogP contribution in [0.5, 0.6) is 0 Å². The number of amides is 1. The number of esters is 1. The van der Waals surface area contributed by atoms with Gasteiger partial charge in [0.25, 0.3) is 5.91 Å². The normalized spacial score (nSPS) is 12.3. The summed E-state index contributed by atoms with van der Waals surface area (Å²) in [5.41, 5.74) is 5.14. The lowest BCUT2D eigenvalue weighted by Gasteiger charge is -2.11. The number of nitrogens with one attached hydrogen (secondary N) is 2. The van der Waals surface area contributed by atoms with E-state index in [2.05, 4.69) is 15.6 Å². The Morgan fingerprint density at radius 3 is 2.70 bits per heavy atom. The topological polar surface area (TPSA) is 85.2 Å². The van der Waals surface area contributed by atoms with E-state index in [1.807, 2.05) is 42.1 Å². The van der Waals surface area contributed by atoms with Gasteiger partial charge in [0, 0.05) is 18.8 Å². The molecule has 1 amide bonds. The number of aryl methyl sites for hydroxylation is 1. The first-order valence-electron chi connectivity index (χ1n) is 8.44. The predicted octanol–water partition coefficient (Wildman–Crippen LogP) is 3.11. The van der Waals surface area contributed by atoms with Gasteiger partial charge in [-0.05, 0) is 29.8 Å². The average molecular weight is 362 g/mol. The molecule has 7 heteroatoms. The smallest absolute Gasteiger partial charge is 0.309 e. The van der Waals surface area contributed by atoms with Crippen LogP contribution in [0.15, 0.2) is 48.9 Å². The van der Waals surface area contributed by atoms with Crippen LogP contribution < -0.4 is 10.6 Å². The van der Waals surface area contributed by atoms with Crippen LogP contribution in [-0.4, -0.2) is 28.5 Å². The van der Waals surface area contributed by atoms with Crippen molar-refractivity contribution < 1.29 is 14.3 Å². The summed E-state index contributed by atoms with van der Waals surface area (Å²) in [7, 11) is 3.26. The van der Waals surface area contributed by atoms with Gasteiger partial charge in [-0.2, -0.15) is 0 Å². The third-order valence-electron chi connectivity index (χ3n) is 4.44. The highest BCUT2D eigenvalue weighted by Gasteiger charge is 2.20. The van der Waals surface area contributed by atoms with Gasteiger partial charge in [-0.15, -0.1) is 0 Å². The second kappa shape index (κ2) is 6.60. The summed E-state index contributed by atoms with van der Waals surface area (Å²) in [6, 6.07) is 11.0. The molecule has 0 aliphatic carbocycles. The number of hydrogen-bond donors (Lipinski definition) is 2. The molecule has 2 heterocycles. The Kier molecular flexibility index (Phi) is 4.12. The van der Waals surface area contributed by atoms with Crippen molar-refractivity contribution in [3.05, 3.63) is 60.0 Å². The largest absolute Gasteiger partial charge is 0.469 e. The van der Waals surface area contributed by atoms with Crippen molar-refractivity contribution in [1.29, 1.82) is 0 Å². The van der Waals surface area contributed by atoms with E-state index >= 15 is 0 Å². The van der Waals surface area contributed by atoms with Crippen LogP contribution in [0.25, 0.3) is 11.3 Å². The first-order valence-corrected chi connectivity index (χ1v) is 8.44. The lowest BCUT2D eigenvalue weighted by atomic mass is 10.1. The van der Waals surface area contributed by atoms with Gasteiger partial charge in [-0.25, -0.2) is 4.98 Å². The van der Waals surface area contributed by atoms with Gasteiger partial charge in [0.05, 0.1) is 48.2 Å². The molecular formula is C20H18N4O3. The minimum atomic E-state index is -0.328. The number of ether oxygens (including phenoxy) is 1. The third-order valence-corrected chi connectivity index (χ3v) is 4.44. The lowest BCUT2D eigenvalue weighted by molar-refractivity contribution is -0.139. The van der Waals surface area contributed by atoms with Crippen molar-refractivity contribution in [1.82, 2.24) is 9.55 Å². The highest BCUT2D eigenvalue weighted by atomic mass is 16.5. The van der Waals surface area contributed by atoms with E-state index in [0.717, 1.165) is 22.5 Å².